The summed E-state index contributed by atoms with van der Waals surface area (Å²) in [5.41, 5.74) is 1.81. The van der Waals surface area contributed by atoms with Gasteiger partial charge in [-0.25, -0.2) is 0 Å². The molecule has 0 saturated heterocycles. The molecule has 76 valence electrons. The molecule has 0 aliphatic rings. The van der Waals surface area contributed by atoms with E-state index in [1.54, 1.807) is 19.1 Å². The van der Waals surface area contributed by atoms with Gasteiger partial charge in [-0.1, -0.05) is 0 Å². The van der Waals surface area contributed by atoms with E-state index in [4.69, 9.17) is 5.26 Å². The number of hydrogen-bond donors (Lipinski definition) is 1. The molecule has 0 fully saturated rings. The average molecular weight is 202 g/mol. The maximum Gasteiger partial charge on any atom is 0.221 e. The maximum atomic E-state index is 10.9. The lowest BCUT2D eigenvalue weighted by Crippen LogP contribution is -2.08. The van der Waals surface area contributed by atoms with Crippen LogP contribution < -0.4 is 5.32 Å². The van der Waals surface area contributed by atoms with Gasteiger partial charge in [0.05, 0.1) is 11.3 Å². The van der Waals surface area contributed by atoms with Gasteiger partial charge in [-0.15, -0.1) is 0 Å². The van der Waals surface area contributed by atoms with E-state index in [1.807, 2.05) is 6.07 Å². The molecule has 1 amide bonds. The summed E-state index contributed by atoms with van der Waals surface area (Å²) >= 11 is 0. The second kappa shape index (κ2) is 4.38. The maximum absolute atomic E-state index is 10.9. The van der Waals surface area contributed by atoms with Crippen LogP contribution in [0, 0.1) is 18.3 Å². The Hall–Kier alpha value is -2.15. The van der Waals surface area contributed by atoms with E-state index >= 15 is 0 Å². The number of rotatable bonds is 2. The van der Waals surface area contributed by atoms with Gasteiger partial charge >= 0.3 is 0 Å². The first-order chi connectivity index (χ1) is 7.10. The Morgan fingerprint density at radius 1 is 1.53 bits per heavy atom. The molecule has 0 spiro atoms. The van der Waals surface area contributed by atoms with Gasteiger partial charge in [-0.05, 0) is 24.6 Å². The predicted molar refractivity (Wildman–Crippen MR) is 55.6 cm³/mol. The molecule has 0 radical (unpaired) electrons. The number of nitrogens with zero attached hydrogens (tertiary/aromatic N) is 1. The zero-order valence-corrected chi connectivity index (χ0v) is 8.50. The van der Waals surface area contributed by atoms with Gasteiger partial charge < -0.3 is 5.32 Å². The lowest BCUT2D eigenvalue weighted by molar-refractivity contribution is -0.114. The zero-order chi connectivity index (χ0) is 11.4. The van der Waals surface area contributed by atoms with Crippen LogP contribution in [0.5, 0.6) is 0 Å². The Kier molecular flexibility index (Phi) is 3.19. The number of benzene rings is 1. The Bertz CT molecular complexity index is 458. The largest absolute Gasteiger partial charge is 0.325 e. The van der Waals surface area contributed by atoms with Crippen molar-refractivity contribution in [1.29, 1.82) is 5.26 Å². The molecule has 1 rings (SSSR count). The first kappa shape index (κ1) is 10.9. The van der Waals surface area contributed by atoms with E-state index in [0.717, 1.165) is 0 Å². The van der Waals surface area contributed by atoms with E-state index in [9.17, 15) is 9.59 Å². The Labute approximate surface area is 87.5 Å². The summed E-state index contributed by atoms with van der Waals surface area (Å²) in [5.74, 6) is -0.246. The van der Waals surface area contributed by atoms with Gasteiger partial charge in [0.25, 0.3) is 0 Å². The number of anilines is 1. The molecule has 0 aliphatic heterocycles. The first-order valence-electron chi connectivity index (χ1n) is 4.36. The third kappa shape index (κ3) is 2.20. The third-order valence-electron chi connectivity index (χ3n) is 2.06. The lowest BCUT2D eigenvalue weighted by atomic mass is 10.0. The number of hydrogen-bond acceptors (Lipinski definition) is 3. The highest BCUT2D eigenvalue weighted by atomic mass is 16.1. The molecule has 1 N–H and O–H groups in total. The van der Waals surface area contributed by atoms with Crippen LogP contribution in [0.25, 0.3) is 0 Å². The van der Waals surface area contributed by atoms with Crippen molar-refractivity contribution in [2.24, 2.45) is 0 Å². The fraction of sp³-hybridized carbons (Fsp3) is 0.182. The Morgan fingerprint density at radius 2 is 2.20 bits per heavy atom. The molecule has 0 atom stereocenters. The van der Waals surface area contributed by atoms with Crippen molar-refractivity contribution in [3.05, 3.63) is 28.8 Å². The Balaban J connectivity index is 3.32. The van der Waals surface area contributed by atoms with E-state index in [-0.39, 0.29) is 5.91 Å². The highest BCUT2D eigenvalue weighted by Gasteiger charge is 2.09. The van der Waals surface area contributed by atoms with Gasteiger partial charge in [0, 0.05) is 12.5 Å². The van der Waals surface area contributed by atoms with Gasteiger partial charge in [0.2, 0.25) is 5.91 Å². The monoisotopic (exact) mass is 202 g/mol. The van der Waals surface area contributed by atoms with Crippen LogP contribution >= 0.6 is 0 Å². The number of nitriles is 1. The molecule has 15 heavy (non-hydrogen) atoms. The van der Waals surface area contributed by atoms with Crippen molar-refractivity contribution in [2.45, 2.75) is 13.8 Å². The number of carbonyl (C=O) groups is 2. The Morgan fingerprint density at radius 3 is 2.67 bits per heavy atom. The van der Waals surface area contributed by atoms with Gasteiger partial charge in [-0.3, -0.25) is 9.59 Å². The van der Waals surface area contributed by atoms with E-state index < -0.39 is 0 Å². The highest BCUT2D eigenvalue weighted by Crippen LogP contribution is 2.21. The smallest absolute Gasteiger partial charge is 0.221 e. The van der Waals surface area contributed by atoms with Crippen molar-refractivity contribution < 1.29 is 9.59 Å². The molecule has 1 aromatic carbocycles. The second-order valence-corrected chi connectivity index (χ2v) is 3.11. The minimum atomic E-state index is -0.246. The van der Waals surface area contributed by atoms with Crippen LogP contribution in [0.2, 0.25) is 0 Å². The first-order valence-corrected chi connectivity index (χ1v) is 4.36. The van der Waals surface area contributed by atoms with Gasteiger partial charge in [0.15, 0.2) is 0 Å². The summed E-state index contributed by atoms with van der Waals surface area (Å²) < 4.78 is 0. The SMILES string of the molecule is CC(=O)Nc1ccc(C=O)c(C)c1C#N. The normalized spacial score (nSPS) is 9.13. The van der Waals surface area contributed by atoms with Crippen LogP contribution in [-0.2, 0) is 4.79 Å². The number of aldehydes is 1. The summed E-state index contributed by atoms with van der Waals surface area (Å²) in [6, 6.07) is 5.10. The third-order valence-corrected chi connectivity index (χ3v) is 2.06. The molecule has 0 aliphatic carbocycles. The molecule has 0 aromatic heterocycles. The zero-order valence-electron chi connectivity index (χ0n) is 8.50. The summed E-state index contributed by atoms with van der Waals surface area (Å²) in [7, 11) is 0. The summed E-state index contributed by atoms with van der Waals surface area (Å²) in [4.78, 5) is 21.5. The minimum absolute atomic E-state index is 0.246. The van der Waals surface area contributed by atoms with E-state index in [0.29, 0.717) is 28.7 Å². The number of amides is 1. The van der Waals surface area contributed by atoms with Crippen molar-refractivity contribution in [2.75, 3.05) is 5.32 Å². The summed E-state index contributed by atoms with van der Waals surface area (Å²) in [6.07, 6.45) is 0.688. The van der Waals surface area contributed by atoms with E-state index in [1.165, 1.54) is 6.92 Å². The fourth-order valence-corrected chi connectivity index (χ4v) is 1.29. The molecule has 4 nitrogen and oxygen atoms in total. The minimum Gasteiger partial charge on any atom is -0.325 e. The van der Waals surface area contributed by atoms with Crippen LogP contribution in [0.1, 0.15) is 28.4 Å². The molecule has 4 heteroatoms. The fourth-order valence-electron chi connectivity index (χ4n) is 1.29. The summed E-state index contributed by atoms with van der Waals surface area (Å²) in [6.45, 7) is 3.04. The van der Waals surface area contributed by atoms with Gasteiger partial charge in [0.1, 0.15) is 12.4 Å². The number of nitrogens with one attached hydrogen (secondary N) is 1. The molecular formula is C11H10N2O2. The van der Waals surface area contributed by atoms with Crippen LogP contribution in [0.15, 0.2) is 12.1 Å². The summed E-state index contributed by atoms with van der Waals surface area (Å²) in [5, 5.41) is 11.5. The average Bonchev–Trinajstić information content (AvgIpc) is 2.18. The van der Waals surface area contributed by atoms with Crippen molar-refractivity contribution in [3.8, 4) is 6.07 Å². The molecule has 0 heterocycles. The van der Waals surface area contributed by atoms with Gasteiger partial charge in [-0.2, -0.15) is 5.26 Å². The quantitative estimate of drug-likeness (QED) is 0.741. The van der Waals surface area contributed by atoms with Crippen molar-refractivity contribution in [3.63, 3.8) is 0 Å². The standard InChI is InChI=1S/C11H10N2O2/c1-7-9(6-14)3-4-11(10(7)5-12)13-8(2)15/h3-4,6H,1-2H3,(H,13,15). The van der Waals surface area contributed by atoms with Crippen molar-refractivity contribution in [1.82, 2.24) is 0 Å². The predicted octanol–water partition coefficient (Wildman–Crippen LogP) is 1.64. The second-order valence-electron chi connectivity index (χ2n) is 3.11. The molecule has 1 aromatic rings. The molecular weight excluding hydrogens is 192 g/mol. The molecule has 0 saturated carbocycles. The van der Waals surface area contributed by atoms with Crippen LogP contribution in [0.4, 0.5) is 5.69 Å². The van der Waals surface area contributed by atoms with E-state index in [2.05, 4.69) is 5.32 Å². The molecule has 0 unspecified atom stereocenters. The topological polar surface area (TPSA) is 70.0 Å². The number of carbonyl (C=O) groups excluding carboxylic acids is 2. The highest BCUT2D eigenvalue weighted by molar-refractivity contribution is 5.92. The van der Waals surface area contributed by atoms with Crippen LogP contribution in [0.3, 0.4) is 0 Å². The van der Waals surface area contributed by atoms with Crippen LogP contribution in [-0.4, -0.2) is 12.2 Å². The van der Waals surface area contributed by atoms with Crippen molar-refractivity contribution >= 4 is 17.9 Å². The molecule has 0 bridgehead atoms. The lowest BCUT2D eigenvalue weighted by Gasteiger charge is -2.08.